The monoisotopic (exact) mass is 275 g/mol. The SMILES string of the molecule is Cc1ccc(CN)c(Oc2cc(C)c(Cl)c(C)c2)c1. The highest BCUT2D eigenvalue weighted by atomic mass is 35.5. The van der Waals surface area contributed by atoms with Gasteiger partial charge in [0.1, 0.15) is 11.5 Å². The largest absolute Gasteiger partial charge is 0.457 e. The van der Waals surface area contributed by atoms with Gasteiger partial charge in [-0.2, -0.15) is 0 Å². The van der Waals surface area contributed by atoms with Crippen molar-refractivity contribution in [2.24, 2.45) is 5.73 Å². The van der Waals surface area contributed by atoms with Crippen molar-refractivity contribution in [1.82, 2.24) is 0 Å². The highest BCUT2D eigenvalue weighted by Gasteiger charge is 2.07. The molecule has 0 bridgehead atoms. The summed E-state index contributed by atoms with van der Waals surface area (Å²) in [5, 5.41) is 0.788. The summed E-state index contributed by atoms with van der Waals surface area (Å²) in [6, 6.07) is 9.92. The van der Waals surface area contributed by atoms with Crippen molar-refractivity contribution in [1.29, 1.82) is 0 Å². The van der Waals surface area contributed by atoms with Crippen molar-refractivity contribution in [3.05, 3.63) is 57.6 Å². The molecule has 0 aliphatic heterocycles. The van der Waals surface area contributed by atoms with Gasteiger partial charge in [0.05, 0.1) is 0 Å². The molecule has 0 fully saturated rings. The van der Waals surface area contributed by atoms with Crippen molar-refractivity contribution >= 4 is 11.6 Å². The lowest BCUT2D eigenvalue weighted by Crippen LogP contribution is -2.00. The zero-order valence-electron chi connectivity index (χ0n) is 11.5. The molecular weight excluding hydrogens is 258 g/mol. The molecule has 0 saturated heterocycles. The summed E-state index contributed by atoms with van der Waals surface area (Å²) < 4.78 is 5.96. The molecule has 0 unspecified atom stereocenters. The van der Waals surface area contributed by atoms with E-state index in [0.29, 0.717) is 6.54 Å². The molecule has 0 aromatic heterocycles. The fourth-order valence-corrected chi connectivity index (χ4v) is 2.13. The average Bonchev–Trinajstić information content (AvgIpc) is 2.36. The molecule has 0 radical (unpaired) electrons. The number of halogens is 1. The van der Waals surface area contributed by atoms with E-state index in [0.717, 1.165) is 38.8 Å². The van der Waals surface area contributed by atoms with Gasteiger partial charge in [-0.05, 0) is 55.7 Å². The lowest BCUT2D eigenvalue weighted by Gasteiger charge is -2.13. The molecule has 0 atom stereocenters. The van der Waals surface area contributed by atoms with E-state index < -0.39 is 0 Å². The minimum Gasteiger partial charge on any atom is -0.457 e. The minimum atomic E-state index is 0.459. The molecule has 2 N–H and O–H groups in total. The van der Waals surface area contributed by atoms with Crippen LogP contribution in [-0.2, 0) is 6.54 Å². The number of aryl methyl sites for hydroxylation is 3. The van der Waals surface area contributed by atoms with Gasteiger partial charge in [-0.25, -0.2) is 0 Å². The second kappa shape index (κ2) is 5.64. The lowest BCUT2D eigenvalue weighted by molar-refractivity contribution is 0.475. The zero-order chi connectivity index (χ0) is 14.0. The van der Waals surface area contributed by atoms with Crippen LogP contribution in [0.4, 0.5) is 0 Å². The van der Waals surface area contributed by atoms with Crippen molar-refractivity contribution in [2.75, 3.05) is 0 Å². The summed E-state index contributed by atoms with van der Waals surface area (Å²) in [7, 11) is 0. The number of benzene rings is 2. The van der Waals surface area contributed by atoms with Crippen molar-refractivity contribution in [3.63, 3.8) is 0 Å². The molecule has 19 heavy (non-hydrogen) atoms. The number of ether oxygens (including phenoxy) is 1. The number of rotatable bonds is 3. The van der Waals surface area contributed by atoms with E-state index in [-0.39, 0.29) is 0 Å². The summed E-state index contributed by atoms with van der Waals surface area (Å²) in [6.07, 6.45) is 0. The second-order valence-electron chi connectivity index (χ2n) is 4.79. The number of hydrogen-bond acceptors (Lipinski definition) is 2. The van der Waals surface area contributed by atoms with Crippen LogP contribution in [0, 0.1) is 20.8 Å². The molecule has 2 nitrogen and oxygen atoms in total. The van der Waals surface area contributed by atoms with E-state index in [1.165, 1.54) is 0 Å². The Labute approximate surface area is 119 Å². The van der Waals surface area contributed by atoms with Gasteiger partial charge >= 0.3 is 0 Å². The van der Waals surface area contributed by atoms with Gasteiger partial charge in [0.15, 0.2) is 0 Å². The van der Waals surface area contributed by atoms with Crippen LogP contribution in [0.15, 0.2) is 30.3 Å². The maximum atomic E-state index is 6.16. The molecule has 0 amide bonds. The Morgan fingerprint density at radius 1 is 1.05 bits per heavy atom. The fourth-order valence-electron chi connectivity index (χ4n) is 2.02. The van der Waals surface area contributed by atoms with Gasteiger partial charge in [-0.1, -0.05) is 23.7 Å². The predicted molar refractivity (Wildman–Crippen MR) is 80.1 cm³/mol. The molecule has 100 valence electrons. The first-order valence-electron chi connectivity index (χ1n) is 6.25. The molecule has 0 aliphatic rings. The highest BCUT2D eigenvalue weighted by Crippen LogP contribution is 2.31. The van der Waals surface area contributed by atoms with Gasteiger partial charge in [0.2, 0.25) is 0 Å². The lowest BCUT2D eigenvalue weighted by atomic mass is 10.1. The van der Waals surface area contributed by atoms with Gasteiger partial charge in [-0.3, -0.25) is 0 Å². The van der Waals surface area contributed by atoms with Gasteiger partial charge in [-0.15, -0.1) is 0 Å². The van der Waals surface area contributed by atoms with Crippen LogP contribution in [0.5, 0.6) is 11.5 Å². The maximum Gasteiger partial charge on any atom is 0.132 e. The van der Waals surface area contributed by atoms with Crippen LogP contribution in [0.2, 0.25) is 5.02 Å². The molecule has 0 saturated carbocycles. The molecule has 0 heterocycles. The first-order valence-corrected chi connectivity index (χ1v) is 6.63. The van der Waals surface area contributed by atoms with Crippen LogP contribution in [-0.4, -0.2) is 0 Å². The third kappa shape index (κ3) is 3.09. The smallest absolute Gasteiger partial charge is 0.132 e. The topological polar surface area (TPSA) is 35.2 Å². The normalized spacial score (nSPS) is 10.6. The third-order valence-corrected chi connectivity index (χ3v) is 3.68. The Balaban J connectivity index is 2.38. The van der Waals surface area contributed by atoms with E-state index in [4.69, 9.17) is 22.1 Å². The Morgan fingerprint density at radius 2 is 1.68 bits per heavy atom. The summed E-state index contributed by atoms with van der Waals surface area (Å²) in [4.78, 5) is 0. The molecule has 0 aliphatic carbocycles. The Bertz CT molecular complexity index is 585. The summed E-state index contributed by atoms with van der Waals surface area (Å²) in [5.74, 6) is 1.60. The van der Waals surface area contributed by atoms with Crippen molar-refractivity contribution in [2.45, 2.75) is 27.3 Å². The molecule has 2 rings (SSSR count). The second-order valence-corrected chi connectivity index (χ2v) is 5.17. The van der Waals surface area contributed by atoms with E-state index in [1.54, 1.807) is 0 Å². The van der Waals surface area contributed by atoms with E-state index in [1.807, 2.05) is 51.1 Å². The molecule has 3 heteroatoms. The molecule has 2 aromatic rings. The van der Waals surface area contributed by atoms with Crippen LogP contribution in [0.1, 0.15) is 22.3 Å². The minimum absolute atomic E-state index is 0.459. The van der Waals surface area contributed by atoms with E-state index in [2.05, 4.69) is 0 Å². The van der Waals surface area contributed by atoms with Gasteiger partial charge < -0.3 is 10.5 Å². The maximum absolute atomic E-state index is 6.16. The number of hydrogen-bond donors (Lipinski definition) is 1. The average molecular weight is 276 g/mol. The first kappa shape index (κ1) is 13.9. The molecule has 2 aromatic carbocycles. The Morgan fingerprint density at radius 3 is 2.26 bits per heavy atom. The van der Waals surface area contributed by atoms with Crippen molar-refractivity contribution in [3.8, 4) is 11.5 Å². The van der Waals surface area contributed by atoms with E-state index in [9.17, 15) is 0 Å². The first-order chi connectivity index (χ1) is 9.01. The summed E-state index contributed by atoms with van der Waals surface area (Å²) in [5.41, 5.74) is 9.91. The van der Waals surface area contributed by atoms with Crippen LogP contribution < -0.4 is 10.5 Å². The third-order valence-electron chi connectivity index (χ3n) is 3.08. The Hall–Kier alpha value is -1.51. The van der Waals surface area contributed by atoms with Crippen LogP contribution in [0.3, 0.4) is 0 Å². The standard InChI is InChI=1S/C16H18ClNO/c1-10-4-5-13(9-18)15(6-10)19-14-7-11(2)16(17)12(3)8-14/h4-8H,9,18H2,1-3H3. The fraction of sp³-hybridized carbons (Fsp3) is 0.250. The van der Waals surface area contributed by atoms with Crippen LogP contribution in [0.25, 0.3) is 0 Å². The highest BCUT2D eigenvalue weighted by molar-refractivity contribution is 6.32. The zero-order valence-corrected chi connectivity index (χ0v) is 12.2. The summed E-state index contributed by atoms with van der Waals surface area (Å²) in [6.45, 7) is 6.44. The number of nitrogens with two attached hydrogens (primary N) is 1. The molecular formula is C16H18ClNO. The van der Waals surface area contributed by atoms with Crippen LogP contribution >= 0.6 is 11.6 Å². The van der Waals surface area contributed by atoms with Gasteiger partial charge in [0.25, 0.3) is 0 Å². The quantitative estimate of drug-likeness (QED) is 0.894. The van der Waals surface area contributed by atoms with Crippen molar-refractivity contribution < 1.29 is 4.74 Å². The van der Waals surface area contributed by atoms with E-state index >= 15 is 0 Å². The van der Waals surface area contributed by atoms with Gasteiger partial charge in [0, 0.05) is 17.1 Å². The Kier molecular flexibility index (Phi) is 4.13. The molecule has 0 spiro atoms. The summed E-state index contributed by atoms with van der Waals surface area (Å²) >= 11 is 6.16. The predicted octanol–water partition coefficient (Wildman–Crippen LogP) is 4.52.